The van der Waals surface area contributed by atoms with E-state index in [-0.39, 0.29) is 18.0 Å². The SMILES string of the molecule is CC(C)OCCNC(C)c1cccc(F)c1. The van der Waals surface area contributed by atoms with Gasteiger partial charge in [0.25, 0.3) is 0 Å². The third-order valence-electron chi connectivity index (χ3n) is 2.35. The number of hydrogen-bond donors (Lipinski definition) is 1. The lowest BCUT2D eigenvalue weighted by molar-refractivity contribution is 0.0796. The van der Waals surface area contributed by atoms with Crippen molar-refractivity contribution < 1.29 is 9.13 Å². The summed E-state index contributed by atoms with van der Waals surface area (Å²) >= 11 is 0. The summed E-state index contributed by atoms with van der Waals surface area (Å²) in [6.07, 6.45) is 0.256. The number of nitrogens with one attached hydrogen (secondary N) is 1. The van der Waals surface area contributed by atoms with Gasteiger partial charge in [0.2, 0.25) is 0 Å². The van der Waals surface area contributed by atoms with E-state index in [9.17, 15) is 4.39 Å². The van der Waals surface area contributed by atoms with Crippen LogP contribution in [0.25, 0.3) is 0 Å². The summed E-state index contributed by atoms with van der Waals surface area (Å²) in [7, 11) is 0. The average Bonchev–Trinajstić information content (AvgIpc) is 2.24. The first-order chi connectivity index (χ1) is 7.59. The highest BCUT2D eigenvalue weighted by molar-refractivity contribution is 5.19. The molecule has 0 aliphatic rings. The molecule has 90 valence electrons. The van der Waals surface area contributed by atoms with Crippen LogP contribution in [0.5, 0.6) is 0 Å². The molecule has 0 radical (unpaired) electrons. The summed E-state index contributed by atoms with van der Waals surface area (Å²) < 4.78 is 18.4. The number of benzene rings is 1. The van der Waals surface area contributed by atoms with E-state index in [2.05, 4.69) is 5.32 Å². The molecule has 0 saturated heterocycles. The van der Waals surface area contributed by atoms with E-state index in [1.807, 2.05) is 26.8 Å². The van der Waals surface area contributed by atoms with Crippen LogP contribution in [0.2, 0.25) is 0 Å². The third-order valence-corrected chi connectivity index (χ3v) is 2.35. The maximum absolute atomic E-state index is 13.0. The predicted molar refractivity (Wildman–Crippen MR) is 63.9 cm³/mol. The smallest absolute Gasteiger partial charge is 0.123 e. The zero-order chi connectivity index (χ0) is 12.0. The molecule has 0 bridgehead atoms. The molecule has 0 amide bonds. The minimum absolute atomic E-state index is 0.145. The summed E-state index contributed by atoms with van der Waals surface area (Å²) in [5.74, 6) is -0.190. The molecule has 0 fully saturated rings. The van der Waals surface area contributed by atoms with E-state index >= 15 is 0 Å². The summed E-state index contributed by atoms with van der Waals surface area (Å²) in [4.78, 5) is 0. The molecular weight excluding hydrogens is 205 g/mol. The van der Waals surface area contributed by atoms with Crippen LogP contribution in [0, 0.1) is 5.82 Å². The topological polar surface area (TPSA) is 21.3 Å². The maximum atomic E-state index is 13.0. The van der Waals surface area contributed by atoms with Crippen LogP contribution in [0.1, 0.15) is 32.4 Å². The molecule has 1 unspecified atom stereocenters. The molecule has 0 spiro atoms. The molecular formula is C13H20FNO. The summed E-state index contributed by atoms with van der Waals surface area (Å²) in [6.45, 7) is 7.49. The minimum atomic E-state index is -0.190. The lowest BCUT2D eigenvalue weighted by Gasteiger charge is -2.15. The molecule has 3 heteroatoms. The van der Waals surface area contributed by atoms with Crippen molar-refractivity contribution in [2.75, 3.05) is 13.2 Å². The van der Waals surface area contributed by atoms with E-state index < -0.39 is 0 Å². The van der Waals surface area contributed by atoms with Crippen molar-refractivity contribution in [3.63, 3.8) is 0 Å². The van der Waals surface area contributed by atoms with Crippen LogP contribution in [0.15, 0.2) is 24.3 Å². The quantitative estimate of drug-likeness (QED) is 0.752. The minimum Gasteiger partial charge on any atom is -0.377 e. The Morgan fingerprint density at radius 1 is 1.31 bits per heavy atom. The van der Waals surface area contributed by atoms with Crippen LogP contribution in [-0.4, -0.2) is 19.3 Å². The van der Waals surface area contributed by atoms with E-state index in [0.717, 1.165) is 12.1 Å². The van der Waals surface area contributed by atoms with Gasteiger partial charge in [-0.05, 0) is 38.5 Å². The van der Waals surface area contributed by atoms with Crippen LogP contribution in [0.3, 0.4) is 0 Å². The van der Waals surface area contributed by atoms with E-state index in [1.54, 1.807) is 12.1 Å². The fraction of sp³-hybridized carbons (Fsp3) is 0.538. The molecule has 0 saturated carbocycles. The molecule has 1 N–H and O–H groups in total. The van der Waals surface area contributed by atoms with Crippen molar-refractivity contribution >= 4 is 0 Å². The lowest BCUT2D eigenvalue weighted by Crippen LogP contribution is -2.24. The Morgan fingerprint density at radius 3 is 2.69 bits per heavy atom. The molecule has 0 heterocycles. The molecule has 1 aromatic rings. The monoisotopic (exact) mass is 225 g/mol. The maximum Gasteiger partial charge on any atom is 0.123 e. The molecule has 1 aromatic carbocycles. The Bertz CT molecular complexity index is 315. The van der Waals surface area contributed by atoms with Crippen molar-refractivity contribution in [3.05, 3.63) is 35.6 Å². The van der Waals surface area contributed by atoms with Crippen molar-refractivity contribution in [1.29, 1.82) is 0 Å². The fourth-order valence-corrected chi connectivity index (χ4v) is 1.46. The predicted octanol–water partition coefficient (Wildman–Crippen LogP) is 2.90. The van der Waals surface area contributed by atoms with Gasteiger partial charge < -0.3 is 10.1 Å². The second-order valence-electron chi connectivity index (χ2n) is 4.15. The Balaban J connectivity index is 2.32. The average molecular weight is 225 g/mol. The van der Waals surface area contributed by atoms with Gasteiger partial charge in [-0.25, -0.2) is 4.39 Å². The van der Waals surface area contributed by atoms with Crippen molar-refractivity contribution in [1.82, 2.24) is 5.32 Å². The number of hydrogen-bond acceptors (Lipinski definition) is 2. The molecule has 1 atom stereocenters. The number of halogens is 1. The van der Waals surface area contributed by atoms with Gasteiger partial charge in [0.15, 0.2) is 0 Å². The second kappa shape index (κ2) is 6.61. The van der Waals surface area contributed by atoms with Gasteiger partial charge in [-0.1, -0.05) is 12.1 Å². The highest BCUT2D eigenvalue weighted by atomic mass is 19.1. The van der Waals surface area contributed by atoms with Crippen molar-refractivity contribution in [3.8, 4) is 0 Å². The van der Waals surface area contributed by atoms with Gasteiger partial charge in [-0.2, -0.15) is 0 Å². The number of ether oxygens (including phenoxy) is 1. The van der Waals surface area contributed by atoms with Crippen molar-refractivity contribution in [2.45, 2.75) is 32.9 Å². The first kappa shape index (κ1) is 13.1. The zero-order valence-electron chi connectivity index (χ0n) is 10.2. The van der Waals surface area contributed by atoms with E-state index in [0.29, 0.717) is 6.61 Å². The van der Waals surface area contributed by atoms with Gasteiger partial charge in [-0.3, -0.25) is 0 Å². The van der Waals surface area contributed by atoms with Crippen LogP contribution in [-0.2, 0) is 4.74 Å². The Kier molecular flexibility index (Phi) is 5.43. The van der Waals surface area contributed by atoms with Gasteiger partial charge >= 0.3 is 0 Å². The van der Waals surface area contributed by atoms with Crippen LogP contribution in [0.4, 0.5) is 4.39 Å². The molecule has 16 heavy (non-hydrogen) atoms. The van der Waals surface area contributed by atoms with Gasteiger partial charge in [0.05, 0.1) is 12.7 Å². The third kappa shape index (κ3) is 4.73. The Labute approximate surface area is 96.8 Å². The van der Waals surface area contributed by atoms with E-state index in [1.165, 1.54) is 6.07 Å². The summed E-state index contributed by atoms with van der Waals surface area (Å²) in [5, 5.41) is 3.29. The Hall–Kier alpha value is -0.930. The highest BCUT2D eigenvalue weighted by Gasteiger charge is 2.05. The van der Waals surface area contributed by atoms with Gasteiger partial charge in [-0.15, -0.1) is 0 Å². The fourth-order valence-electron chi connectivity index (χ4n) is 1.46. The largest absolute Gasteiger partial charge is 0.377 e. The van der Waals surface area contributed by atoms with Crippen molar-refractivity contribution in [2.24, 2.45) is 0 Å². The Morgan fingerprint density at radius 2 is 2.06 bits per heavy atom. The summed E-state index contributed by atoms with van der Waals surface area (Å²) in [6, 6.07) is 6.81. The molecule has 0 aliphatic heterocycles. The first-order valence-electron chi connectivity index (χ1n) is 5.70. The zero-order valence-corrected chi connectivity index (χ0v) is 10.2. The standard InChI is InChI=1S/C13H20FNO/c1-10(2)16-8-7-15-11(3)12-5-4-6-13(14)9-12/h4-6,9-11,15H,7-8H2,1-3H3. The van der Waals surface area contributed by atoms with Gasteiger partial charge in [0, 0.05) is 12.6 Å². The van der Waals surface area contributed by atoms with Crippen LogP contribution < -0.4 is 5.32 Å². The first-order valence-corrected chi connectivity index (χ1v) is 5.70. The summed E-state index contributed by atoms with van der Waals surface area (Å²) in [5.41, 5.74) is 0.963. The lowest BCUT2D eigenvalue weighted by atomic mass is 10.1. The molecule has 0 aromatic heterocycles. The number of rotatable bonds is 6. The highest BCUT2D eigenvalue weighted by Crippen LogP contribution is 2.12. The van der Waals surface area contributed by atoms with Gasteiger partial charge in [0.1, 0.15) is 5.82 Å². The molecule has 1 rings (SSSR count). The van der Waals surface area contributed by atoms with E-state index in [4.69, 9.17) is 4.74 Å². The second-order valence-corrected chi connectivity index (χ2v) is 4.15. The normalized spacial score (nSPS) is 13.1. The molecule has 2 nitrogen and oxygen atoms in total. The molecule has 0 aliphatic carbocycles. The van der Waals surface area contributed by atoms with Crippen LogP contribution >= 0.6 is 0 Å².